The molecule has 8 heteroatoms. The third-order valence-corrected chi connectivity index (χ3v) is 5.36. The van der Waals surface area contributed by atoms with Crippen molar-refractivity contribution in [1.82, 2.24) is 15.6 Å². The van der Waals surface area contributed by atoms with E-state index in [1.165, 1.54) is 15.6 Å². The lowest BCUT2D eigenvalue weighted by Crippen LogP contribution is -2.38. The number of aromatic nitrogens is 1. The van der Waals surface area contributed by atoms with Gasteiger partial charge < -0.3 is 20.1 Å². The minimum Gasteiger partial charge on any atom is -0.379 e. The summed E-state index contributed by atoms with van der Waals surface area (Å²) in [7, 11) is 0. The molecule has 0 saturated carbocycles. The van der Waals surface area contributed by atoms with Crippen molar-refractivity contribution < 1.29 is 9.47 Å². The number of guanidine groups is 1. The smallest absolute Gasteiger partial charge is 0.191 e. The molecule has 2 N–H and O–H groups in total. The van der Waals surface area contributed by atoms with Gasteiger partial charge in [0.2, 0.25) is 0 Å². The minimum absolute atomic E-state index is 0. The van der Waals surface area contributed by atoms with Crippen LogP contribution in [0, 0.1) is 6.92 Å². The first kappa shape index (κ1) is 24.6. The summed E-state index contributed by atoms with van der Waals surface area (Å²) in [5.74, 6) is 0.871. The first-order chi connectivity index (χ1) is 12.7. The van der Waals surface area contributed by atoms with Crippen molar-refractivity contribution in [1.29, 1.82) is 0 Å². The van der Waals surface area contributed by atoms with Gasteiger partial charge in [-0.1, -0.05) is 6.92 Å². The molecule has 1 aromatic rings. The van der Waals surface area contributed by atoms with E-state index < -0.39 is 0 Å². The van der Waals surface area contributed by atoms with Crippen molar-refractivity contribution in [3.05, 3.63) is 15.6 Å². The van der Waals surface area contributed by atoms with Crippen LogP contribution in [0.1, 0.15) is 48.7 Å². The highest BCUT2D eigenvalue weighted by Crippen LogP contribution is 2.17. The van der Waals surface area contributed by atoms with Crippen molar-refractivity contribution in [2.75, 3.05) is 39.5 Å². The molecule has 156 valence electrons. The molecular weight excluding hydrogens is 475 g/mol. The summed E-state index contributed by atoms with van der Waals surface area (Å²) in [6, 6.07) is 0. The van der Waals surface area contributed by atoms with Crippen LogP contribution in [0.25, 0.3) is 0 Å². The average molecular weight is 510 g/mol. The Morgan fingerprint density at radius 2 is 2.22 bits per heavy atom. The van der Waals surface area contributed by atoms with Crippen molar-refractivity contribution in [2.45, 2.75) is 59.0 Å². The monoisotopic (exact) mass is 510 g/mol. The molecular formula is C19H35IN4O2S. The Bertz CT molecular complexity index is 548. The Morgan fingerprint density at radius 3 is 2.89 bits per heavy atom. The molecule has 2 rings (SSSR count). The van der Waals surface area contributed by atoms with E-state index in [2.05, 4.69) is 36.4 Å². The molecule has 1 unspecified atom stereocenters. The van der Waals surface area contributed by atoms with Crippen LogP contribution in [0.3, 0.4) is 0 Å². The summed E-state index contributed by atoms with van der Waals surface area (Å²) in [6.45, 7) is 11.2. The fourth-order valence-corrected chi connectivity index (χ4v) is 3.92. The number of halogens is 1. The second-order valence-electron chi connectivity index (χ2n) is 6.46. The number of hydrogen-bond donors (Lipinski definition) is 2. The van der Waals surface area contributed by atoms with Crippen LogP contribution in [0.15, 0.2) is 4.99 Å². The van der Waals surface area contributed by atoms with Crippen molar-refractivity contribution in [3.8, 4) is 0 Å². The summed E-state index contributed by atoms with van der Waals surface area (Å²) >= 11 is 1.80. The van der Waals surface area contributed by atoms with Gasteiger partial charge in [-0.3, -0.25) is 4.99 Å². The van der Waals surface area contributed by atoms with Crippen molar-refractivity contribution in [3.63, 3.8) is 0 Å². The van der Waals surface area contributed by atoms with E-state index in [0.717, 1.165) is 77.5 Å². The second-order valence-corrected chi connectivity index (χ2v) is 7.75. The number of rotatable bonds is 11. The maximum atomic E-state index is 5.68. The van der Waals surface area contributed by atoms with Gasteiger partial charge in [-0.05, 0) is 39.5 Å². The normalized spacial score (nSPS) is 17.0. The number of nitrogens with zero attached hydrogens (tertiary/aromatic N) is 2. The first-order valence-corrected chi connectivity index (χ1v) is 10.7. The fraction of sp³-hybridized carbons (Fsp3) is 0.789. The van der Waals surface area contributed by atoms with Gasteiger partial charge >= 0.3 is 0 Å². The predicted octanol–water partition coefficient (Wildman–Crippen LogP) is 3.32. The molecule has 1 saturated heterocycles. The van der Waals surface area contributed by atoms with E-state index in [4.69, 9.17) is 14.5 Å². The van der Waals surface area contributed by atoms with Crippen LogP contribution < -0.4 is 10.6 Å². The second kappa shape index (κ2) is 14.5. The van der Waals surface area contributed by atoms with E-state index in [9.17, 15) is 0 Å². The van der Waals surface area contributed by atoms with E-state index in [0.29, 0.717) is 6.10 Å². The van der Waals surface area contributed by atoms with E-state index >= 15 is 0 Å². The Balaban J connectivity index is 0.00000364. The zero-order valence-corrected chi connectivity index (χ0v) is 20.0. The first-order valence-electron chi connectivity index (χ1n) is 9.89. The van der Waals surface area contributed by atoms with Gasteiger partial charge in [0.1, 0.15) is 0 Å². The summed E-state index contributed by atoms with van der Waals surface area (Å²) in [5, 5.41) is 7.89. The number of aliphatic imine (C=N–C) groups is 1. The summed E-state index contributed by atoms with van der Waals surface area (Å²) in [4.78, 5) is 10.6. The van der Waals surface area contributed by atoms with Gasteiger partial charge in [-0.25, -0.2) is 4.98 Å². The Morgan fingerprint density at radius 1 is 1.37 bits per heavy atom. The summed E-state index contributed by atoms with van der Waals surface area (Å²) in [5.41, 5.74) is 1.23. The van der Waals surface area contributed by atoms with Crippen LogP contribution in [-0.4, -0.2) is 56.5 Å². The van der Waals surface area contributed by atoms with Crippen LogP contribution in [-0.2, 0) is 22.3 Å². The molecule has 0 bridgehead atoms. The van der Waals surface area contributed by atoms with Crippen LogP contribution in [0.4, 0.5) is 0 Å². The Hall–Kier alpha value is -0.450. The topological polar surface area (TPSA) is 67.8 Å². The lowest BCUT2D eigenvalue weighted by molar-refractivity contribution is 0.0171. The molecule has 0 spiro atoms. The van der Waals surface area contributed by atoms with E-state index in [-0.39, 0.29) is 24.0 Å². The summed E-state index contributed by atoms with van der Waals surface area (Å²) < 4.78 is 11.2. The summed E-state index contributed by atoms with van der Waals surface area (Å²) in [6.07, 6.45) is 5.46. The number of hydrogen-bond acceptors (Lipinski definition) is 5. The molecule has 1 aromatic heterocycles. The number of aryl methyl sites for hydroxylation is 2. The van der Waals surface area contributed by atoms with E-state index in [1.807, 2.05) is 0 Å². The van der Waals surface area contributed by atoms with Gasteiger partial charge in [-0.2, -0.15) is 0 Å². The largest absolute Gasteiger partial charge is 0.379 e. The molecule has 1 atom stereocenters. The molecule has 27 heavy (non-hydrogen) atoms. The highest BCUT2D eigenvalue weighted by molar-refractivity contribution is 14.0. The standard InChI is InChI=1S/C19H34N4O2S.HI/c1-4-17-15(3)26-18(23-17)9-11-22-19(20-5-2)21-10-7-12-24-14-16-8-6-13-25-16;/h16H,4-14H2,1-3H3,(H2,20,21,22);1H. The molecule has 6 nitrogen and oxygen atoms in total. The third kappa shape index (κ3) is 9.54. The van der Waals surface area contributed by atoms with Gasteiger partial charge in [0.05, 0.1) is 23.4 Å². The van der Waals surface area contributed by atoms with E-state index in [1.54, 1.807) is 11.3 Å². The molecule has 0 radical (unpaired) electrons. The van der Waals surface area contributed by atoms with Gasteiger partial charge in [0.25, 0.3) is 0 Å². The maximum absolute atomic E-state index is 5.68. The number of ether oxygens (including phenoxy) is 2. The molecule has 1 aliphatic heterocycles. The highest BCUT2D eigenvalue weighted by Gasteiger charge is 2.14. The molecule has 0 amide bonds. The zero-order chi connectivity index (χ0) is 18.6. The SMILES string of the molecule is CCNC(=NCCCOCC1CCCO1)NCCc1nc(CC)c(C)s1.I. The number of nitrogens with one attached hydrogen (secondary N) is 2. The zero-order valence-electron chi connectivity index (χ0n) is 16.9. The van der Waals surface area contributed by atoms with Gasteiger partial charge in [0.15, 0.2) is 5.96 Å². The number of thiazole rings is 1. The van der Waals surface area contributed by atoms with Crippen LogP contribution in [0.2, 0.25) is 0 Å². The highest BCUT2D eigenvalue weighted by atomic mass is 127. The Kier molecular flexibility index (Phi) is 13.2. The quantitative estimate of drug-likeness (QED) is 0.207. The maximum Gasteiger partial charge on any atom is 0.191 e. The van der Waals surface area contributed by atoms with Gasteiger partial charge in [-0.15, -0.1) is 35.3 Å². The average Bonchev–Trinajstić information content (AvgIpc) is 3.27. The van der Waals surface area contributed by atoms with Gasteiger partial charge in [0, 0.05) is 44.1 Å². The molecule has 2 heterocycles. The van der Waals surface area contributed by atoms with Crippen LogP contribution in [0.5, 0.6) is 0 Å². The van der Waals surface area contributed by atoms with Crippen molar-refractivity contribution >= 4 is 41.3 Å². The van der Waals surface area contributed by atoms with Crippen LogP contribution >= 0.6 is 35.3 Å². The fourth-order valence-electron chi connectivity index (χ4n) is 2.90. The molecule has 0 aromatic carbocycles. The minimum atomic E-state index is 0. The predicted molar refractivity (Wildman–Crippen MR) is 124 cm³/mol. The molecule has 1 fully saturated rings. The third-order valence-electron chi connectivity index (χ3n) is 4.29. The molecule has 1 aliphatic rings. The lowest BCUT2D eigenvalue weighted by Gasteiger charge is -2.11. The molecule has 0 aliphatic carbocycles. The lowest BCUT2D eigenvalue weighted by atomic mass is 10.2. The van der Waals surface area contributed by atoms with Crippen molar-refractivity contribution in [2.24, 2.45) is 4.99 Å². The Labute approximate surface area is 184 Å².